The van der Waals surface area contributed by atoms with Crippen LogP contribution in [0.2, 0.25) is 0 Å². The van der Waals surface area contributed by atoms with E-state index in [-0.39, 0.29) is 5.82 Å². The molecule has 1 aromatic carbocycles. The van der Waals surface area contributed by atoms with Gasteiger partial charge >= 0.3 is 0 Å². The Morgan fingerprint density at radius 3 is 2.64 bits per heavy atom. The fraction of sp³-hybridized carbons (Fsp3) is 0.206. The van der Waals surface area contributed by atoms with Crippen LogP contribution in [0, 0.1) is 11.7 Å². The van der Waals surface area contributed by atoms with Crippen molar-refractivity contribution in [2.75, 3.05) is 18.4 Å². The van der Waals surface area contributed by atoms with E-state index in [9.17, 15) is 4.39 Å². The molecule has 1 fully saturated rings. The standard InChI is InChI=1S/C34H34FN7/c1-4-24(26-14-28(18-37-17-26)39-21(2)13-23-9-11-36-12-10-23)15-29-22(3)41-42-34(29)32-16-30-31(19-38-20-33(30)40-32)25-5-7-27(35)8-6-25/h4-8,14-20,23,36,39-41H,2-3,9-13H2,1H3/b24-4+,29-15+. The molecule has 1 aliphatic rings. The predicted octanol–water partition coefficient (Wildman–Crippen LogP) is 5.76. The number of allylic oxidation sites excluding steroid dienone is 3. The Hall–Kier alpha value is -4.82. The highest BCUT2D eigenvalue weighted by atomic mass is 19.1. The van der Waals surface area contributed by atoms with Gasteiger partial charge in [-0.1, -0.05) is 31.4 Å². The van der Waals surface area contributed by atoms with Crippen LogP contribution in [0.4, 0.5) is 10.1 Å². The summed E-state index contributed by atoms with van der Waals surface area (Å²) in [5.41, 5.74) is 8.14. The van der Waals surface area contributed by atoms with Crippen LogP contribution in [-0.2, 0) is 0 Å². The summed E-state index contributed by atoms with van der Waals surface area (Å²) >= 11 is 0. The molecule has 0 aliphatic carbocycles. The van der Waals surface area contributed by atoms with Gasteiger partial charge in [0.2, 0.25) is 0 Å². The number of nitrogens with one attached hydrogen (secondary N) is 4. The van der Waals surface area contributed by atoms with Gasteiger partial charge in [-0.3, -0.25) is 15.1 Å². The minimum Gasteiger partial charge on any atom is -0.358 e. The van der Waals surface area contributed by atoms with Gasteiger partial charge in [-0.15, -0.1) is 0 Å². The first kappa shape index (κ1) is 27.4. The summed E-state index contributed by atoms with van der Waals surface area (Å²) in [6, 6.07) is 10.6. The Bertz CT molecular complexity index is 1880. The van der Waals surface area contributed by atoms with Crippen LogP contribution < -0.4 is 21.2 Å². The molecule has 0 spiro atoms. The number of hydrogen-bond donors (Lipinski definition) is 4. The van der Waals surface area contributed by atoms with Crippen LogP contribution >= 0.6 is 0 Å². The highest BCUT2D eigenvalue weighted by Crippen LogP contribution is 2.31. The van der Waals surface area contributed by atoms with E-state index in [0.29, 0.717) is 11.3 Å². The molecule has 0 amide bonds. The second-order valence-electron chi connectivity index (χ2n) is 10.8. The van der Waals surface area contributed by atoms with Crippen LogP contribution in [0.3, 0.4) is 0 Å². The van der Waals surface area contributed by atoms with Crippen LogP contribution in [0.5, 0.6) is 0 Å². The van der Waals surface area contributed by atoms with Crippen molar-refractivity contribution in [2.24, 2.45) is 5.92 Å². The smallest absolute Gasteiger partial charge is 0.123 e. The molecule has 8 heteroatoms. The van der Waals surface area contributed by atoms with E-state index in [1.165, 1.54) is 25.0 Å². The lowest BCUT2D eigenvalue weighted by molar-refractivity contribution is 0.373. The van der Waals surface area contributed by atoms with Gasteiger partial charge in [0.05, 0.1) is 34.6 Å². The van der Waals surface area contributed by atoms with Crippen molar-refractivity contribution in [2.45, 2.75) is 26.2 Å². The minimum absolute atomic E-state index is 0.272. The normalized spacial score (nSPS) is 14.9. The van der Waals surface area contributed by atoms with Crippen LogP contribution in [0.25, 0.3) is 51.6 Å². The van der Waals surface area contributed by atoms with Gasteiger partial charge in [0.25, 0.3) is 0 Å². The molecule has 0 unspecified atom stereocenters. The fourth-order valence-corrected chi connectivity index (χ4v) is 5.63. The van der Waals surface area contributed by atoms with Gasteiger partial charge in [-0.05, 0) is 86.7 Å². The molecular weight excluding hydrogens is 525 g/mol. The fourth-order valence-electron chi connectivity index (χ4n) is 5.63. The number of piperidine rings is 1. The summed E-state index contributed by atoms with van der Waals surface area (Å²) in [6.45, 7) is 12.6. The van der Waals surface area contributed by atoms with Crippen molar-refractivity contribution in [1.29, 1.82) is 0 Å². The molecule has 6 rings (SSSR count). The Labute approximate surface area is 244 Å². The number of pyridine rings is 2. The maximum absolute atomic E-state index is 13.5. The maximum atomic E-state index is 13.5. The van der Waals surface area contributed by atoms with Gasteiger partial charge < -0.3 is 15.6 Å². The second-order valence-corrected chi connectivity index (χ2v) is 10.8. The van der Waals surface area contributed by atoms with E-state index >= 15 is 0 Å². The predicted molar refractivity (Wildman–Crippen MR) is 169 cm³/mol. The summed E-state index contributed by atoms with van der Waals surface area (Å²) in [4.78, 5) is 12.4. The van der Waals surface area contributed by atoms with E-state index in [1.54, 1.807) is 24.5 Å². The third-order valence-electron chi connectivity index (χ3n) is 7.84. The average molecular weight is 560 g/mol. The molecular formula is C34H34FN7. The van der Waals surface area contributed by atoms with Gasteiger partial charge in [-0.25, -0.2) is 4.39 Å². The molecule has 0 atom stereocenters. The quantitative estimate of drug-likeness (QED) is 0.194. The van der Waals surface area contributed by atoms with E-state index in [0.717, 1.165) is 80.7 Å². The highest BCUT2D eigenvalue weighted by Gasteiger charge is 2.15. The van der Waals surface area contributed by atoms with Crippen LogP contribution in [0.15, 0.2) is 79.5 Å². The van der Waals surface area contributed by atoms with Crippen molar-refractivity contribution >= 4 is 34.8 Å². The molecule has 4 N–H and O–H groups in total. The Balaban J connectivity index is 1.30. The first-order valence-electron chi connectivity index (χ1n) is 14.2. The zero-order chi connectivity index (χ0) is 29.1. The lowest BCUT2D eigenvalue weighted by Gasteiger charge is -2.23. The molecule has 1 saturated heterocycles. The van der Waals surface area contributed by atoms with Gasteiger partial charge in [0, 0.05) is 39.8 Å². The zero-order valence-electron chi connectivity index (χ0n) is 23.7. The number of hydrogen-bond acceptors (Lipinski definition) is 5. The van der Waals surface area contributed by atoms with E-state index in [2.05, 4.69) is 73.2 Å². The van der Waals surface area contributed by atoms with E-state index in [4.69, 9.17) is 0 Å². The monoisotopic (exact) mass is 559 g/mol. The van der Waals surface area contributed by atoms with Crippen LogP contribution in [-0.4, -0.2) is 38.2 Å². The molecule has 4 aromatic heterocycles. The minimum atomic E-state index is -0.272. The van der Waals surface area contributed by atoms with E-state index in [1.807, 2.05) is 19.3 Å². The zero-order valence-corrected chi connectivity index (χ0v) is 23.7. The van der Waals surface area contributed by atoms with Crippen molar-refractivity contribution in [3.8, 4) is 22.5 Å². The molecule has 1 aliphatic heterocycles. The molecule has 42 heavy (non-hydrogen) atoms. The molecule has 5 aromatic rings. The number of anilines is 1. The van der Waals surface area contributed by atoms with Crippen molar-refractivity contribution in [3.63, 3.8) is 0 Å². The SMILES string of the molecule is C=C(CC1CCNCC1)Nc1cncc(C(/C=c2/c(-c3cc4c(-c5ccc(F)cc5)cncc4[nH]3)n[nH]c2=C)=C/C)c1. The van der Waals surface area contributed by atoms with Crippen LogP contribution in [0.1, 0.15) is 31.7 Å². The molecule has 0 radical (unpaired) electrons. The topological polar surface area (TPSA) is 94.3 Å². The van der Waals surface area contributed by atoms with Gasteiger partial charge in [0.1, 0.15) is 11.5 Å². The summed E-state index contributed by atoms with van der Waals surface area (Å²) in [5.74, 6) is 0.385. The van der Waals surface area contributed by atoms with E-state index < -0.39 is 0 Å². The highest BCUT2D eigenvalue weighted by molar-refractivity contribution is 5.97. The first-order valence-corrected chi connectivity index (χ1v) is 14.2. The maximum Gasteiger partial charge on any atom is 0.123 e. The summed E-state index contributed by atoms with van der Waals surface area (Å²) in [6.07, 6.45) is 14.7. The Morgan fingerprint density at radius 2 is 1.86 bits per heavy atom. The summed E-state index contributed by atoms with van der Waals surface area (Å²) < 4.78 is 13.5. The Morgan fingerprint density at radius 1 is 1.07 bits per heavy atom. The lowest BCUT2D eigenvalue weighted by Crippen LogP contribution is -2.28. The first-order chi connectivity index (χ1) is 20.5. The third-order valence-corrected chi connectivity index (χ3v) is 7.84. The number of halogens is 1. The number of benzene rings is 1. The lowest BCUT2D eigenvalue weighted by atomic mass is 9.93. The molecule has 0 bridgehead atoms. The van der Waals surface area contributed by atoms with Crippen molar-refractivity contribution < 1.29 is 4.39 Å². The molecule has 212 valence electrons. The van der Waals surface area contributed by atoms with Crippen molar-refractivity contribution in [1.82, 2.24) is 30.5 Å². The molecule has 0 saturated carbocycles. The number of aromatic nitrogens is 5. The number of H-pyrrole nitrogens is 2. The average Bonchev–Trinajstić information content (AvgIpc) is 3.60. The van der Waals surface area contributed by atoms with Gasteiger partial charge in [0.15, 0.2) is 0 Å². The third kappa shape index (κ3) is 5.80. The van der Waals surface area contributed by atoms with Crippen molar-refractivity contribution in [3.05, 3.63) is 101 Å². The number of aromatic amines is 2. The molecule has 7 nitrogen and oxygen atoms in total. The second kappa shape index (κ2) is 12.0. The Kier molecular flexibility index (Phi) is 7.79. The summed E-state index contributed by atoms with van der Waals surface area (Å²) in [7, 11) is 0. The summed E-state index contributed by atoms with van der Waals surface area (Å²) in [5, 5.41) is 17.1. The number of rotatable bonds is 8. The number of fused-ring (bicyclic) bond motifs is 1. The number of nitrogens with zero attached hydrogens (tertiary/aromatic N) is 3. The van der Waals surface area contributed by atoms with Gasteiger partial charge in [-0.2, -0.15) is 5.10 Å². The molecule has 5 heterocycles. The largest absolute Gasteiger partial charge is 0.358 e.